The van der Waals surface area contributed by atoms with Crippen LogP contribution in [0.1, 0.15) is 6.92 Å². The first kappa shape index (κ1) is 12.8. The summed E-state index contributed by atoms with van der Waals surface area (Å²) in [7, 11) is 0. The van der Waals surface area contributed by atoms with Crippen LogP contribution in [0.25, 0.3) is 11.0 Å². The van der Waals surface area contributed by atoms with Crippen molar-refractivity contribution in [2.75, 3.05) is 18.4 Å². The molecule has 0 aromatic carbocycles. The van der Waals surface area contributed by atoms with Crippen LogP contribution in [0.3, 0.4) is 0 Å². The van der Waals surface area contributed by atoms with Gasteiger partial charge in [0.2, 0.25) is 5.91 Å². The monoisotopic (exact) mass is 308 g/mol. The number of hydrogen-bond donors (Lipinski definition) is 2. The number of pyridine rings is 2. The lowest BCUT2D eigenvalue weighted by Crippen LogP contribution is -2.26. The molecule has 18 heavy (non-hydrogen) atoms. The highest BCUT2D eigenvalue weighted by molar-refractivity contribution is 9.10. The van der Waals surface area contributed by atoms with Crippen molar-refractivity contribution in [2.24, 2.45) is 0 Å². The number of rotatable bonds is 4. The summed E-state index contributed by atoms with van der Waals surface area (Å²) in [5.41, 5.74) is 2.57. The number of fused-ring (bicyclic) bond motifs is 1. The number of carbonyl (C=O) groups excluding carboxylic acids is 1. The Morgan fingerprint density at radius 3 is 3.00 bits per heavy atom. The van der Waals surface area contributed by atoms with Crippen LogP contribution >= 0.6 is 15.9 Å². The van der Waals surface area contributed by atoms with Crippen LogP contribution in [0.2, 0.25) is 0 Å². The van der Waals surface area contributed by atoms with Gasteiger partial charge in [0, 0.05) is 36.9 Å². The quantitative estimate of drug-likeness (QED) is 0.847. The van der Waals surface area contributed by atoms with Crippen LogP contribution in [0.4, 0.5) is 5.69 Å². The number of halogens is 1. The minimum atomic E-state index is -0.0292. The molecular formula is C12H13BrN4O. The number of hydrogen-bond acceptors (Lipinski definition) is 4. The van der Waals surface area contributed by atoms with Crippen molar-refractivity contribution in [1.29, 1.82) is 0 Å². The Morgan fingerprint density at radius 2 is 2.22 bits per heavy atom. The van der Waals surface area contributed by atoms with Gasteiger partial charge >= 0.3 is 0 Å². The minimum Gasteiger partial charge on any atom is -0.381 e. The van der Waals surface area contributed by atoms with E-state index in [1.165, 1.54) is 6.92 Å². The van der Waals surface area contributed by atoms with E-state index in [4.69, 9.17) is 0 Å². The molecule has 1 amide bonds. The fourth-order valence-corrected chi connectivity index (χ4v) is 1.90. The summed E-state index contributed by atoms with van der Waals surface area (Å²) in [6, 6.07) is 3.79. The first-order valence-corrected chi connectivity index (χ1v) is 6.34. The molecule has 0 spiro atoms. The van der Waals surface area contributed by atoms with Crippen LogP contribution in [0.15, 0.2) is 29.0 Å². The van der Waals surface area contributed by atoms with Gasteiger partial charge in [-0.15, -0.1) is 0 Å². The molecule has 0 aliphatic carbocycles. The van der Waals surface area contributed by atoms with Gasteiger partial charge in [0.05, 0.1) is 11.2 Å². The van der Waals surface area contributed by atoms with Crippen molar-refractivity contribution in [3.8, 4) is 0 Å². The van der Waals surface area contributed by atoms with Crippen molar-refractivity contribution in [3.63, 3.8) is 0 Å². The lowest BCUT2D eigenvalue weighted by molar-refractivity contribution is -0.118. The lowest BCUT2D eigenvalue weighted by atomic mass is 10.3. The molecule has 0 fully saturated rings. The zero-order valence-electron chi connectivity index (χ0n) is 9.90. The summed E-state index contributed by atoms with van der Waals surface area (Å²) in [6.45, 7) is 2.73. The molecule has 2 aromatic rings. The summed E-state index contributed by atoms with van der Waals surface area (Å²) in [5.74, 6) is -0.0292. The number of anilines is 1. The number of carbonyl (C=O) groups is 1. The maximum Gasteiger partial charge on any atom is 0.216 e. The highest BCUT2D eigenvalue weighted by atomic mass is 79.9. The Balaban J connectivity index is 2.11. The molecule has 2 heterocycles. The SMILES string of the molecule is CC(=O)NCCNc1ccnc2cc(Br)cnc12. The van der Waals surface area contributed by atoms with E-state index in [2.05, 4.69) is 36.5 Å². The van der Waals surface area contributed by atoms with Gasteiger partial charge in [0.1, 0.15) is 5.52 Å². The summed E-state index contributed by atoms with van der Waals surface area (Å²) in [4.78, 5) is 19.3. The molecule has 2 rings (SSSR count). The van der Waals surface area contributed by atoms with E-state index in [-0.39, 0.29) is 5.91 Å². The molecular weight excluding hydrogens is 296 g/mol. The van der Waals surface area contributed by atoms with Gasteiger partial charge in [-0.2, -0.15) is 0 Å². The topological polar surface area (TPSA) is 66.9 Å². The van der Waals surface area contributed by atoms with Crippen LogP contribution in [0.5, 0.6) is 0 Å². The zero-order chi connectivity index (χ0) is 13.0. The van der Waals surface area contributed by atoms with E-state index >= 15 is 0 Å². The van der Waals surface area contributed by atoms with E-state index in [0.717, 1.165) is 21.2 Å². The molecule has 6 heteroatoms. The first-order chi connectivity index (χ1) is 8.66. The molecule has 94 valence electrons. The van der Waals surface area contributed by atoms with E-state index < -0.39 is 0 Å². The van der Waals surface area contributed by atoms with Gasteiger partial charge < -0.3 is 10.6 Å². The summed E-state index contributed by atoms with van der Waals surface area (Å²) < 4.78 is 0.901. The average molecular weight is 309 g/mol. The van der Waals surface area contributed by atoms with Crippen molar-refractivity contribution in [1.82, 2.24) is 15.3 Å². The van der Waals surface area contributed by atoms with Crippen molar-refractivity contribution >= 4 is 38.6 Å². The second-order valence-corrected chi connectivity index (χ2v) is 4.71. The van der Waals surface area contributed by atoms with Gasteiger partial charge in [-0.1, -0.05) is 0 Å². The Labute approximate surface area is 113 Å². The van der Waals surface area contributed by atoms with Gasteiger partial charge in [-0.05, 0) is 28.1 Å². The molecule has 0 aliphatic rings. The van der Waals surface area contributed by atoms with Crippen molar-refractivity contribution in [3.05, 3.63) is 29.0 Å². The average Bonchev–Trinajstić information content (AvgIpc) is 2.34. The van der Waals surface area contributed by atoms with Crippen molar-refractivity contribution < 1.29 is 4.79 Å². The third kappa shape index (κ3) is 3.16. The maximum absolute atomic E-state index is 10.7. The predicted molar refractivity (Wildman–Crippen MR) is 74.4 cm³/mol. The third-order valence-electron chi connectivity index (χ3n) is 2.36. The Hall–Kier alpha value is -1.69. The highest BCUT2D eigenvalue weighted by Gasteiger charge is 2.03. The van der Waals surface area contributed by atoms with Crippen LogP contribution in [-0.4, -0.2) is 29.0 Å². The predicted octanol–water partition coefficient (Wildman–Crippen LogP) is 1.94. The highest BCUT2D eigenvalue weighted by Crippen LogP contribution is 2.21. The lowest BCUT2D eigenvalue weighted by Gasteiger charge is -2.08. The molecule has 0 radical (unpaired) electrons. The first-order valence-electron chi connectivity index (χ1n) is 5.55. The van der Waals surface area contributed by atoms with E-state index in [1.54, 1.807) is 12.4 Å². The molecule has 0 aliphatic heterocycles. The normalized spacial score (nSPS) is 10.3. The van der Waals surface area contributed by atoms with Gasteiger partial charge in [0.15, 0.2) is 0 Å². The van der Waals surface area contributed by atoms with E-state index in [1.807, 2.05) is 12.1 Å². The molecule has 0 saturated heterocycles. The fraction of sp³-hybridized carbons (Fsp3) is 0.250. The van der Waals surface area contributed by atoms with Crippen LogP contribution in [-0.2, 0) is 4.79 Å². The maximum atomic E-state index is 10.7. The standard InChI is InChI=1S/C12H13BrN4O/c1-8(18)14-4-5-16-10-2-3-15-11-6-9(13)7-17-12(10)11/h2-3,6-7H,4-5H2,1H3,(H,14,18)(H,15,16). The molecule has 0 saturated carbocycles. The van der Waals surface area contributed by atoms with E-state index in [0.29, 0.717) is 13.1 Å². The van der Waals surface area contributed by atoms with Crippen LogP contribution in [0, 0.1) is 0 Å². The number of amides is 1. The molecule has 5 nitrogen and oxygen atoms in total. The van der Waals surface area contributed by atoms with Crippen LogP contribution < -0.4 is 10.6 Å². The molecule has 0 unspecified atom stereocenters. The number of nitrogens with one attached hydrogen (secondary N) is 2. The summed E-state index contributed by atoms with van der Waals surface area (Å²) >= 11 is 3.37. The second kappa shape index (κ2) is 5.77. The van der Waals surface area contributed by atoms with Crippen molar-refractivity contribution in [2.45, 2.75) is 6.92 Å². The second-order valence-electron chi connectivity index (χ2n) is 3.79. The van der Waals surface area contributed by atoms with E-state index in [9.17, 15) is 4.79 Å². The third-order valence-corrected chi connectivity index (χ3v) is 2.79. The smallest absolute Gasteiger partial charge is 0.216 e. The minimum absolute atomic E-state index is 0.0292. The van der Waals surface area contributed by atoms with Gasteiger partial charge in [-0.25, -0.2) is 0 Å². The molecule has 2 N–H and O–H groups in total. The Kier molecular flexibility index (Phi) is 4.09. The molecule has 0 bridgehead atoms. The van der Waals surface area contributed by atoms with Gasteiger partial charge in [0.25, 0.3) is 0 Å². The Morgan fingerprint density at radius 1 is 1.39 bits per heavy atom. The number of aromatic nitrogens is 2. The summed E-state index contributed by atoms with van der Waals surface area (Å²) in [5, 5.41) is 5.96. The largest absolute Gasteiger partial charge is 0.381 e. The molecule has 0 atom stereocenters. The van der Waals surface area contributed by atoms with Gasteiger partial charge in [-0.3, -0.25) is 14.8 Å². The Bertz CT molecular complexity index is 573. The summed E-state index contributed by atoms with van der Waals surface area (Å²) in [6.07, 6.45) is 3.47. The number of nitrogens with zero attached hydrogens (tertiary/aromatic N) is 2. The fourth-order valence-electron chi connectivity index (χ4n) is 1.58. The molecule has 2 aromatic heterocycles. The zero-order valence-corrected chi connectivity index (χ0v) is 11.5.